The Bertz CT molecular complexity index is 885. The average molecular weight is 330 g/mol. The number of sulfonamides is 2. The van der Waals surface area contributed by atoms with Gasteiger partial charge in [0.1, 0.15) is 0 Å². The first-order valence-electron chi connectivity index (χ1n) is 5.75. The lowest BCUT2D eigenvalue weighted by Crippen LogP contribution is -2.17. The van der Waals surface area contributed by atoms with Crippen LogP contribution in [0.1, 0.15) is 5.56 Å². The number of aryl methyl sites for hydroxylation is 2. The molecule has 0 aliphatic rings. The van der Waals surface area contributed by atoms with Gasteiger partial charge >= 0.3 is 0 Å². The van der Waals surface area contributed by atoms with Crippen LogP contribution in [-0.4, -0.2) is 26.6 Å². The Morgan fingerprint density at radius 3 is 2.33 bits per heavy atom. The highest BCUT2D eigenvalue weighted by molar-refractivity contribution is 7.92. The molecule has 0 aliphatic carbocycles. The maximum Gasteiger partial charge on any atom is 0.279 e. The Morgan fingerprint density at radius 1 is 1.19 bits per heavy atom. The van der Waals surface area contributed by atoms with E-state index in [-0.39, 0.29) is 15.6 Å². The van der Waals surface area contributed by atoms with Gasteiger partial charge in [-0.25, -0.2) is 13.6 Å². The fourth-order valence-corrected chi connectivity index (χ4v) is 3.81. The number of nitrogens with one attached hydrogen (secondary N) is 1. The van der Waals surface area contributed by atoms with Gasteiger partial charge in [-0.15, -0.1) is 0 Å². The second kappa shape index (κ2) is 5.13. The van der Waals surface area contributed by atoms with Crippen LogP contribution in [0, 0.1) is 6.92 Å². The summed E-state index contributed by atoms with van der Waals surface area (Å²) in [5.41, 5.74) is 0.587. The molecule has 8 nitrogen and oxygen atoms in total. The van der Waals surface area contributed by atoms with Crippen LogP contribution >= 0.6 is 0 Å². The van der Waals surface area contributed by atoms with Gasteiger partial charge in [0.05, 0.1) is 11.1 Å². The number of nitrogens with zero attached hydrogens (tertiary/aromatic N) is 2. The van der Waals surface area contributed by atoms with Crippen LogP contribution in [0.15, 0.2) is 40.4 Å². The Labute approximate surface area is 122 Å². The van der Waals surface area contributed by atoms with Gasteiger partial charge in [-0.05, 0) is 36.8 Å². The largest absolute Gasteiger partial charge is 0.279 e. The number of nitrogens with two attached hydrogens (primary N) is 1. The van der Waals surface area contributed by atoms with Crippen LogP contribution in [0.5, 0.6) is 0 Å². The zero-order chi connectivity index (χ0) is 15.8. The van der Waals surface area contributed by atoms with E-state index in [2.05, 4.69) is 9.82 Å². The summed E-state index contributed by atoms with van der Waals surface area (Å²) in [7, 11) is -6.13. The molecule has 1 aromatic carbocycles. The quantitative estimate of drug-likeness (QED) is 0.827. The fraction of sp³-hybridized carbons (Fsp3) is 0.182. The van der Waals surface area contributed by atoms with Crippen LogP contribution in [0.4, 0.5) is 5.69 Å². The molecule has 0 unspecified atom stereocenters. The Morgan fingerprint density at radius 2 is 1.86 bits per heavy atom. The zero-order valence-corrected chi connectivity index (χ0v) is 12.9. The SMILES string of the molecule is Cc1cc(NS(=O)(=O)c2ccnn2C)ccc1S(N)(=O)=O. The van der Waals surface area contributed by atoms with Crippen LogP contribution in [-0.2, 0) is 27.1 Å². The highest BCUT2D eigenvalue weighted by Gasteiger charge is 2.19. The molecule has 0 aliphatic heterocycles. The molecule has 0 spiro atoms. The van der Waals surface area contributed by atoms with Crippen LogP contribution in [0.3, 0.4) is 0 Å². The molecule has 0 fully saturated rings. The molecule has 3 N–H and O–H groups in total. The summed E-state index contributed by atoms with van der Waals surface area (Å²) in [4.78, 5) is -0.0500. The lowest BCUT2D eigenvalue weighted by molar-refractivity contribution is 0.582. The van der Waals surface area contributed by atoms with Crippen molar-refractivity contribution in [2.24, 2.45) is 12.2 Å². The van der Waals surface area contributed by atoms with Crippen molar-refractivity contribution in [3.63, 3.8) is 0 Å². The molecular formula is C11H14N4O4S2. The first-order valence-corrected chi connectivity index (χ1v) is 8.78. The molecule has 114 valence electrons. The Balaban J connectivity index is 2.38. The minimum absolute atomic E-state index is 0.00400. The number of rotatable bonds is 4. The topological polar surface area (TPSA) is 124 Å². The molecule has 0 amide bonds. The highest BCUT2D eigenvalue weighted by Crippen LogP contribution is 2.21. The molecule has 0 bridgehead atoms. The molecule has 0 saturated carbocycles. The minimum Gasteiger partial charge on any atom is -0.278 e. The van der Waals surface area contributed by atoms with Crippen molar-refractivity contribution in [1.29, 1.82) is 0 Å². The van der Waals surface area contributed by atoms with Crippen molar-refractivity contribution < 1.29 is 16.8 Å². The normalized spacial score (nSPS) is 12.3. The number of benzene rings is 1. The van der Waals surface area contributed by atoms with E-state index in [1.165, 1.54) is 49.1 Å². The van der Waals surface area contributed by atoms with Crippen molar-refractivity contribution in [3.8, 4) is 0 Å². The van der Waals surface area contributed by atoms with Gasteiger partial charge in [0, 0.05) is 12.7 Å². The molecule has 0 saturated heterocycles. The van der Waals surface area contributed by atoms with E-state index in [4.69, 9.17) is 5.14 Å². The highest BCUT2D eigenvalue weighted by atomic mass is 32.2. The van der Waals surface area contributed by atoms with Crippen molar-refractivity contribution in [3.05, 3.63) is 36.0 Å². The van der Waals surface area contributed by atoms with E-state index in [9.17, 15) is 16.8 Å². The van der Waals surface area contributed by atoms with Crippen LogP contribution in [0.2, 0.25) is 0 Å². The summed E-state index contributed by atoms with van der Waals surface area (Å²) in [5.74, 6) is 0. The average Bonchev–Trinajstić information content (AvgIpc) is 2.74. The number of anilines is 1. The van der Waals surface area contributed by atoms with Crippen molar-refractivity contribution in [2.75, 3.05) is 4.72 Å². The van der Waals surface area contributed by atoms with E-state index in [1.807, 2.05) is 0 Å². The number of hydrogen-bond donors (Lipinski definition) is 2. The first kappa shape index (κ1) is 15.5. The monoisotopic (exact) mass is 330 g/mol. The molecule has 0 atom stereocenters. The second-order valence-corrected chi connectivity index (χ2v) is 7.58. The fourth-order valence-electron chi connectivity index (χ4n) is 1.86. The lowest BCUT2D eigenvalue weighted by atomic mass is 10.2. The van der Waals surface area contributed by atoms with Crippen molar-refractivity contribution in [2.45, 2.75) is 16.8 Å². The summed E-state index contributed by atoms with van der Waals surface area (Å²) >= 11 is 0. The first-order chi connectivity index (χ1) is 9.61. The van der Waals surface area contributed by atoms with Crippen LogP contribution in [0.25, 0.3) is 0 Å². The molecule has 1 aromatic heterocycles. The third kappa shape index (κ3) is 3.23. The molecule has 2 aromatic rings. The number of primary sulfonamides is 1. The van der Waals surface area contributed by atoms with Crippen LogP contribution < -0.4 is 9.86 Å². The molecule has 21 heavy (non-hydrogen) atoms. The third-order valence-corrected chi connectivity index (χ3v) is 5.31. The van der Waals surface area contributed by atoms with E-state index in [0.29, 0.717) is 5.56 Å². The van der Waals surface area contributed by atoms with Crippen molar-refractivity contribution >= 4 is 25.7 Å². The number of hydrogen-bond acceptors (Lipinski definition) is 5. The predicted molar refractivity (Wildman–Crippen MR) is 76.6 cm³/mol. The van der Waals surface area contributed by atoms with Gasteiger partial charge in [0.2, 0.25) is 10.0 Å². The van der Waals surface area contributed by atoms with Gasteiger partial charge in [0.15, 0.2) is 5.03 Å². The summed E-state index contributed by atoms with van der Waals surface area (Å²) < 4.78 is 50.5. The predicted octanol–water partition coefficient (Wildman–Crippen LogP) is 0.177. The standard InChI is InChI=1S/C11H14N4O4S2/c1-8-7-9(3-4-10(8)20(12,16)17)14-21(18,19)11-5-6-13-15(11)2/h3-7,14H,1-2H3,(H2,12,16,17). The second-order valence-electron chi connectivity index (χ2n) is 4.42. The molecule has 0 radical (unpaired) electrons. The third-order valence-electron chi connectivity index (χ3n) is 2.78. The molecule has 1 heterocycles. The van der Waals surface area contributed by atoms with E-state index < -0.39 is 20.0 Å². The molecule has 10 heteroatoms. The van der Waals surface area contributed by atoms with E-state index in [1.54, 1.807) is 0 Å². The van der Waals surface area contributed by atoms with Gasteiger partial charge in [0.25, 0.3) is 10.0 Å². The Kier molecular flexibility index (Phi) is 3.78. The van der Waals surface area contributed by atoms with Gasteiger partial charge < -0.3 is 0 Å². The maximum absolute atomic E-state index is 12.2. The van der Waals surface area contributed by atoms with Crippen molar-refractivity contribution in [1.82, 2.24) is 9.78 Å². The lowest BCUT2D eigenvalue weighted by Gasteiger charge is -2.10. The van der Waals surface area contributed by atoms with E-state index in [0.717, 1.165) is 0 Å². The summed E-state index contributed by atoms with van der Waals surface area (Å²) in [6.07, 6.45) is 1.36. The maximum atomic E-state index is 12.2. The Hall–Kier alpha value is -1.91. The van der Waals surface area contributed by atoms with E-state index >= 15 is 0 Å². The summed E-state index contributed by atoms with van der Waals surface area (Å²) in [5, 5.41) is 8.84. The van der Waals surface area contributed by atoms with Gasteiger partial charge in [-0.1, -0.05) is 0 Å². The van der Waals surface area contributed by atoms with Gasteiger partial charge in [-0.2, -0.15) is 13.5 Å². The smallest absolute Gasteiger partial charge is 0.278 e. The minimum atomic E-state index is -3.84. The van der Waals surface area contributed by atoms with Gasteiger partial charge in [-0.3, -0.25) is 9.40 Å². The molecule has 2 rings (SSSR count). The zero-order valence-electron chi connectivity index (χ0n) is 11.3. The summed E-state index contributed by atoms with van der Waals surface area (Å²) in [6, 6.07) is 5.34. The molecular weight excluding hydrogens is 316 g/mol. The summed E-state index contributed by atoms with van der Waals surface area (Å²) in [6.45, 7) is 1.53. The number of aromatic nitrogens is 2.